The number of benzene rings is 1. The summed E-state index contributed by atoms with van der Waals surface area (Å²) in [4.78, 5) is 0. The number of halogens is 1. The third-order valence-electron chi connectivity index (χ3n) is 2.60. The Morgan fingerprint density at radius 2 is 1.75 bits per heavy atom. The zero-order chi connectivity index (χ0) is 12.1. The van der Waals surface area contributed by atoms with Gasteiger partial charge >= 0.3 is 0 Å². The van der Waals surface area contributed by atoms with Gasteiger partial charge in [-0.25, -0.2) is 0 Å². The molecule has 0 spiro atoms. The molecule has 0 aliphatic heterocycles. The molecule has 0 aliphatic carbocycles. The second-order valence-electron chi connectivity index (χ2n) is 4.76. The Morgan fingerprint density at radius 1 is 1.19 bits per heavy atom. The van der Waals surface area contributed by atoms with Gasteiger partial charge in [-0.15, -0.1) is 0 Å². The van der Waals surface area contributed by atoms with Crippen molar-refractivity contribution in [1.29, 1.82) is 0 Å². The summed E-state index contributed by atoms with van der Waals surface area (Å²) in [5.74, 6) is 1.68. The molecule has 1 aromatic rings. The molecule has 0 saturated heterocycles. The molecule has 0 aliphatic rings. The summed E-state index contributed by atoms with van der Waals surface area (Å²) in [6.45, 7) is 9.28. The number of hydrogen-bond donors (Lipinski definition) is 0. The maximum atomic E-state index is 6.10. The van der Waals surface area contributed by atoms with Gasteiger partial charge in [-0.1, -0.05) is 25.4 Å². The van der Waals surface area contributed by atoms with Crippen molar-refractivity contribution >= 4 is 11.6 Å². The van der Waals surface area contributed by atoms with Gasteiger partial charge in [0.15, 0.2) is 0 Å². The summed E-state index contributed by atoms with van der Waals surface area (Å²) in [6.07, 6.45) is 2.32. The van der Waals surface area contributed by atoms with E-state index in [4.69, 9.17) is 16.3 Å². The Labute approximate surface area is 104 Å². The van der Waals surface area contributed by atoms with Crippen molar-refractivity contribution in [1.82, 2.24) is 0 Å². The molecule has 0 N–H and O–H groups in total. The van der Waals surface area contributed by atoms with Gasteiger partial charge in [-0.05, 0) is 55.9 Å². The smallest absolute Gasteiger partial charge is 0.119 e. The van der Waals surface area contributed by atoms with Gasteiger partial charge in [0.1, 0.15) is 5.75 Å². The summed E-state index contributed by atoms with van der Waals surface area (Å²) in [7, 11) is 0. The van der Waals surface area contributed by atoms with Gasteiger partial charge in [0.2, 0.25) is 0 Å². The summed E-state index contributed by atoms with van der Waals surface area (Å²) in [5.41, 5.74) is 2.17. The molecule has 1 nitrogen and oxygen atoms in total. The third-order valence-corrected chi connectivity index (χ3v) is 3.20. The Hall–Kier alpha value is -0.690. The Bertz CT molecular complexity index is 322. The standard InChI is InChI=1S/C14H21ClO/c1-10(2)6-5-7-16-13-8-11(3)14(15)12(4)9-13/h8-10H,5-7H2,1-4H3. The third kappa shape index (κ3) is 4.05. The van der Waals surface area contributed by atoms with Crippen molar-refractivity contribution in [3.63, 3.8) is 0 Å². The van der Waals surface area contributed by atoms with E-state index in [2.05, 4.69) is 13.8 Å². The van der Waals surface area contributed by atoms with E-state index in [9.17, 15) is 0 Å². The van der Waals surface area contributed by atoms with E-state index in [0.717, 1.165) is 40.8 Å². The average Bonchev–Trinajstić information content (AvgIpc) is 2.20. The zero-order valence-electron chi connectivity index (χ0n) is 10.6. The quantitative estimate of drug-likeness (QED) is 0.674. The Kier molecular flexibility index (Phi) is 5.14. The molecule has 0 bridgehead atoms. The molecule has 0 unspecified atom stereocenters. The largest absolute Gasteiger partial charge is 0.494 e. The predicted molar refractivity (Wildman–Crippen MR) is 70.5 cm³/mol. The summed E-state index contributed by atoms with van der Waals surface area (Å²) >= 11 is 6.10. The number of aryl methyl sites for hydroxylation is 2. The second-order valence-corrected chi connectivity index (χ2v) is 5.13. The highest BCUT2D eigenvalue weighted by Crippen LogP contribution is 2.25. The van der Waals surface area contributed by atoms with Gasteiger partial charge in [-0.3, -0.25) is 0 Å². The van der Waals surface area contributed by atoms with E-state index in [1.807, 2.05) is 26.0 Å². The van der Waals surface area contributed by atoms with Crippen LogP contribution < -0.4 is 4.74 Å². The first-order valence-electron chi connectivity index (χ1n) is 5.90. The predicted octanol–water partition coefficient (Wildman–Crippen LogP) is 4.77. The van der Waals surface area contributed by atoms with Crippen LogP contribution in [0.4, 0.5) is 0 Å². The molecule has 0 amide bonds. The molecule has 0 radical (unpaired) electrons. The topological polar surface area (TPSA) is 9.23 Å². The van der Waals surface area contributed by atoms with E-state index >= 15 is 0 Å². The van der Waals surface area contributed by atoms with Gasteiger partial charge in [-0.2, -0.15) is 0 Å². The van der Waals surface area contributed by atoms with Crippen LogP contribution in [0.5, 0.6) is 5.75 Å². The lowest BCUT2D eigenvalue weighted by Crippen LogP contribution is -2.00. The maximum absolute atomic E-state index is 6.10. The van der Waals surface area contributed by atoms with Crippen LogP contribution in [-0.2, 0) is 0 Å². The molecular formula is C14H21ClO. The van der Waals surface area contributed by atoms with Crippen LogP contribution in [0.3, 0.4) is 0 Å². The van der Waals surface area contributed by atoms with Crippen LogP contribution in [0, 0.1) is 19.8 Å². The molecule has 0 aromatic heterocycles. The first kappa shape index (κ1) is 13.4. The highest BCUT2D eigenvalue weighted by Gasteiger charge is 2.03. The summed E-state index contributed by atoms with van der Waals surface area (Å²) < 4.78 is 5.71. The average molecular weight is 241 g/mol. The first-order valence-corrected chi connectivity index (χ1v) is 6.28. The van der Waals surface area contributed by atoms with Crippen LogP contribution in [0.25, 0.3) is 0 Å². The van der Waals surface area contributed by atoms with Crippen molar-refractivity contribution in [2.75, 3.05) is 6.61 Å². The Balaban J connectivity index is 2.49. The first-order chi connectivity index (χ1) is 7.50. The van der Waals surface area contributed by atoms with Crippen LogP contribution in [0.1, 0.15) is 37.8 Å². The molecule has 90 valence electrons. The van der Waals surface area contributed by atoms with E-state index in [-0.39, 0.29) is 0 Å². The fraction of sp³-hybridized carbons (Fsp3) is 0.571. The Morgan fingerprint density at radius 3 is 2.25 bits per heavy atom. The summed E-state index contributed by atoms with van der Waals surface area (Å²) in [5, 5.41) is 0.842. The highest BCUT2D eigenvalue weighted by molar-refractivity contribution is 6.32. The van der Waals surface area contributed by atoms with Gasteiger partial charge in [0.05, 0.1) is 6.61 Å². The van der Waals surface area contributed by atoms with Crippen molar-refractivity contribution in [2.24, 2.45) is 5.92 Å². The van der Waals surface area contributed by atoms with Crippen LogP contribution >= 0.6 is 11.6 Å². The van der Waals surface area contributed by atoms with Crippen LogP contribution in [-0.4, -0.2) is 6.61 Å². The lowest BCUT2D eigenvalue weighted by Gasteiger charge is -2.10. The van der Waals surface area contributed by atoms with Crippen molar-refractivity contribution in [3.8, 4) is 5.75 Å². The number of hydrogen-bond acceptors (Lipinski definition) is 1. The molecule has 1 rings (SSSR count). The monoisotopic (exact) mass is 240 g/mol. The maximum Gasteiger partial charge on any atom is 0.119 e. The van der Waals surface area contributed by atoms with Crippen molar-refractivity contribution in [2.45, 2.75) is 40.5 Å². The van der Waals surface area contributed by atoms with Crippen LogP contribution in [0.15, 0.2) is 12.1 Å². The lowest BCUT2D eigenvalue weighted by atomic mass is 10.1. The minimum absolute atomic E-state index is 0.747. The number of ether oxygens (including phenoxy) is 1. The lowest BCUT2D eigenvalue weighted by molar-refractivity contribution is 0.297. The van der Waals surface area contributed by atoms with Crippen molar-refractivity contribution in [3.05, 3.63) is 28.3 Å². The molecule has 2 heteroatoms. The van der Waals surface area contributed by atoms with Crippen LogP contribution in [0.2, 0.25) is 5.02 Å². The summed E-state index contributed by atoms with van der Waals surface area (Å²) in [6, 6.07) is 4.01. The van der Waals surface area contributed by atoms with E-state index in [1.54, 1.807) is 0 Å². The molecule has 0 heterocycles. The second kappa shape index (κ2) is 6.15. The molecule has 0 saturated carbocycles. The molecular weight excluding hydrogens is 220 g/mol. The SMILES string of the molecule is Cc1cc(OCCCC(C)C)cc(C)c1Cl. The normalized spacial score (nSPS) is 10.9. The fourth-order valence-corrected chi connectivity index (χ4v) is 1.78. The van der Waals surface area contributed by atoms with E-state index < -0.39 is 0 Å². The molecule has 1 aromatic carbocycles. The minimum atomic E-state index is 0.747. The zero-order valence-corrected chi connectivity index (χ0v) is 11.4. The van der Waals surface area contributed by atoms with Crippen molar-refractivity contribution < 1.29 is 4.74 Å². The number of rotatable bonds is 5. The van der Waals surface area contributed by atoms with E-state index in [0.29, 0.717) is 0 Å². The molecule has 16 heavy (non-hydrogen) atoms. The van der Waals surface area contributed by atoms with Gasteiger partial charge < -0.3 is 4.74 Å². The van der Waals surface area contributed by atoms with Gasteiger partial charge in [0.25, 0.3) is 0 Å². The fourth-order valence-electron chi connectivity index (χ4n) is 1.67. The molecule has 0 fully saturated rings. The van der Waals surface area contributed by atoms with Gasteiger partial charge in [0, 0.05) is 5.02 Å². The molecule has 0 atom stereocenters. The highest BCUT2D eigenvalue weighted by atomic mass is 35.5. The minimum Gasteiger partial charge on any atom is -0.494 e. The van der Waals surface area contributed by atoms with E-state index in [1.165, 1.54) is 6.42 Å².